The van der Waals surface area contributed by atoms with E-state index in [1.54, 1.807) is 0 Å². The van der Waals surface area contributed by atoms with Crippen molar-refractivity contribution < 1.29 is 22.9 Å². The van der Waals surface area contributed by atoms with Crippen molar-refractivity contribution >= 4 is 14.0 Å². The molecule has 2 aromatic heterocycles. The molecule has 31 heavy (non-hydrogen) atoms. The van der Waals surface area contributed by atoms with Gasteiger partial charge in [-0.1, -0.05) is 20.8 Å². The van der Waals surface area contributed by atoms with Gasteiger partial charge in [0, 0.05) is 26.1 Å². The first-order valence-electron chi connectivity index (χ1n) is 10.0. The summed E-state index contributed by atoms with van der Waals surface area (Å²) in [6.07, 6.45) is 1.75. The van der Waals surface area contributed by atoms with Gasteiger partial charge in [-0.2, -0.15) is 8.78 Å². The molecule has 0 unspecified atom stereocenters. The van der Waals surface area contributed by atoms with Gasteiger partial charge in [0.05, 0.1) is 17.2 Å². The normalized spacial score (nSPS) is 12.8. The molecule has 2 rings (SSSR count). The molecule has 172 valence electrons. The van der Waals surface area contributed by atoms with Crippen molar-refractivity contribution in [2.45, 2.75) is 65.1 Å². The Morgan fingerprint density at radius 2 is 1.87 bits per heavy atom. The van der Waals surface area contributed by atoms with Crippen LogP contribution in [-0.2, 0) is 10.3 Å². The summed E-state index contributed by atoms with van der Waals surface area (Å²) in [6, 6.07) is 2.86. The Morgan fingerprint density at radius 3 is 2.42 bits per heavy atom. The number of hydrogen-bond acceptors (Lipinski definition) is 6. The summed E-state index contributed by atoms with van der Waals surface area (Å²) < 4.78 is 40.7. The number of alkyl halides is 2. The standard InChI is InChI=1S/C20H30F2N4O4Si/c1-14-16(26(27)28)18(29-12-9-13-30-31(6,7)19(2,3)4)24-25(14)15-10-8-11-23-17(15)20(5,21)22/h8,10-11H,9,12-13H2,1-7H3. The lowest BCUT2D eigenvalue weighted by Crippen LogP contribution is -2.41. The van der Waals surface area contributed by atoms with Gasteiger partial charge in [0.1, 0.15) is 11.4 Å². The van der Waals surface area contributed by atoms with Crippen molar-refractivity contribution in [1.82, 2.24) is 14.8 Å². The number of rotatable bonds is 9. The average Bonchev–Trinajstić information content (AvgIpc) is 2.96. The molecule has 0 aromatic carbocycles. The molecule has 0 aliphatic carbocycles. The van der Waals surface area contributed by atoms with Gasteiger partial charge in [-0.25, -0.2) is 4.68 Å². The first-order chi connectivity index (χ1) is 14.2. The van der Waals surface area contributed by atoms with Gasteiger partial charge < -0.3 is 9.16 Å². The third kappa shape index (κ3) is 5.64. The van der Waals surface area contributed by atoms with Gasteiger partial charge in [-0.05, 0) is 37.2 Å². The van der Waals surface area contributed by atoms with Crippen LogP contribution in [-0.4, -0.2) is 41.2 Å². The summed E-state index contributed by atoms with van der Waals surface area (Å²) in [7, 11) is -1.90. The van der Waals surface area contributed by atoms with Crippen LogP contribution in [0.5, 0.6) is 5.88 Å². The fourth-order valence-corrected chi connectivity index (χ4v) is 3.78. The monoisotopic (exact) mass is 456 g/mol. The predicted molar refractivity (Wildman–Crippen MR) is 116 cm³/mol. The first-order valence-corrected chi connectivity index (χ1v) is 12.9. The molecule has 0 atom stereocenters. The molecule has 0 aliphatic rings. The number of ether oxygens (including phenoxy) is 1. The van der Waals surface area contributed by atoms with Crippen molar-refractivity contribution in [3.05, 3.63) is 39.8 Å². The van der Waals surface area contributed by atoms with E-state index in [1.807, 2.05) is 0 Å². The van der Waals surface area contributed by atoms with Crippen LogP contribution < -0.4 is 4.74 Å². The van der Waals surface area contributed by atoms with E-state index in [9.17, 15) is 18.9 Å². The zero-order valence-corrected chi connectivity index (χ0v) is 20.0. The van der Waals surface area contributed by atoms with Gasteiger partial charge in [0.25, 0.3) is 5.92 Å². The molecular weight excluding hydrogens is 426 g/mol. The highest BCUT2D eigenvalue weighted by atomic mass is 28.4. The van der Waals surface area contributed by atoms with E-state index in [4.69, 9.17) is 9.16 Å². The minimum atomic E-state index is -3.24. The van der Waals surface area contributed by atoms with E-state index in [2.05, 4.69) is 43.9 Å². The highest BCUT2D eigenvalue weighted by molar-refractivity contribution is 6.74. The minimum absolute atomic E-state index is 0.0355. The second-order valence-corrected chi connectivity index (χ2v) is 13.8. The molecule has 0 fully saturated rings. The van der Waals surface area contributed by atoms with Gasteiger partial charge in [0.2, 0.25) is 0 Å². The molecule has 0 saturated carbocycles. The third-order valence-electron chi connectivity index (χ3n) is 5.46. The zero-order chi connectivity index (χ0) is 23.6. The predicted octanol–water partition coefficient (Wildman–Crippen LogP) is 5.39. The van der Waals surface area contributed by atoms with Crippen LogP contribution in [0.3, 0.4) is 0 Å². The molecule has 11 heteroatoms. The van der Waals surface area contributed by atoms with Crippen LogP contribution in [0.25, 0.3) is 5.69 Å². The molecule has 0 spiro atoms. The molecule has 0 bridgehead atoms. The number of pyridine rings is 1. The third-order valence-corrected chi connectivity index (χ3v) is 10.0. The summed E-state index contributed by atoms with van der Waals surface area (Å²) in [6.45, 7) is 13.4. The molecule has 2 aromatic rings. The Morgan fingerprint density at radius 1 is 1.23 bits per heavy atom. The maximum Gasteiger partial charge on any atom is 0.353 e. The number of nitro groups is 1. The van der Waals surface area contributed by atoms with Gasteiger partial charge in [-0.3, -0.25) is 15.1 Å². The van der Waals surface area contributed by atoms with Gasteiger partial charge in [0.15, 0.2) is 8.32 Å². The van der Waals surface area contributed by atoms with Gasteiger partial charge in [-0.15, -0.1) is 5.10 Å². The fraction of sp³-hybridized carbons (Fsp3) is 0.600. The highest BCUT2D eigenvalue weighted by Gasteiger charge is 2.37. The van der Waals surface area contributed by atoms with E-state index in [-0.39, 0.29) is 34.6 Å². The van der Waals surface area contributed by atoms with Crippen molar-refractivity contribution in [3.63, 3.8) is 0 Å². The van der Waals surface area contributed by atoms with Crippen molar-refractivity contribution in [2.24, 2.45) is 0 Å². The number of halogens is 2. The molecule has 0 aliphatic heterocycles. The zero-order valence-electron chi connectivity index (χ0n) is 19.0. The van der Waals surface area contributed by atoms with Crippen molar-refractivity contribution in [1.29, 1.82) is 0 Å². The van der Waals surface area contributed by atoms with Crippen LogP contribution in [0.2, 0.25) is 18.1 Å². The molecule has 0 saturated heterocycles. The summed E-state index contributed by atoms with van der Waals surface area (Å²) in [4.78, 5) is 14.7. The summed E-state index contributed by atoms with van der Waals surface area (Å²) >= 11 is 0. The maximum atomic E-state index is 14.0. The second-order valence-electron chi connectivity index (χ2n) is 8.98. The van der Waals surface area contributed by atoms with Crippen LogP contribution >= 0.6 is 0 Å². The molecular formula is C20H30F2N4O4Si. The largest absolute Gasteiger partial charge is 0.472 e. The lowest BCUT2D eigenvalue weighted by molar-refractivity contribution is -0.386. The van der Waals surface area contributed by atoms with E-state index in [0.29, 0.717) is 20.0 Å². The van der Waals surface area contributed by atoms with Crippen LogP contribution in [0.15, 0.2) is 18.3 Å². The number of nitrogens with zero attached hydrogens (tertiary/aromatic N) is 4. The second kappa shape index (κ2) is 8.99. The fourth-order valence-electron chi connectivity index (χ4n) is 2.69. The Kier molecular flexibility index (Phi) is 7.21. The van der Waals surface area contributed by atoms with E-state index in [0.717, 1.165) is 4.68 Å². The Bertz CT molecular complexity index is 936. The summed E-state index contributed by atoms with van der Waals surface area (Å²) in [5, 5.41) is 15.8. The minimum Gasteiger partial charge on any atom is -0.472 e. The summed E-state index contributed by atoms with van der Waals surface area (Å²) in [5.41, 5.74) is -0.841. The Hall–Kier alpha value is -2.40. The van der Waals surface area contributed by atoms with Crippen molar-refractivity contribution in [2.75, 3.05) is 13.2 Å². The quantitative estimate of drug-likeness (QED) is 0.217. The lowest BCUT2D eigenvalue weighted by Gasteiger charge is -2.36. The molecule has 0 radical (unpaired) electrons. The first kappa shape index (κ1) is 24.9. The van der Waals surface area contributed by atoms with Crippen molar-refractivity contribution in [3.8, 4) is 11.6 Å². The maximum absolute atomic E-state index is 14.0. The highest BCUT2D eigenvalue weighted by Crippen LogP contribution is 2.37. The van der Waals surface area contributed by atoms with Crippen LogP contribution in [0, 0.1) is 17.0 Å². The smallest absolute Gasteiger partial charge is 0.353 e. The molecule has 2 heterocycles. The van der Waals surface area contributed by atoms with E-state index >= 15 is 0 Å². The lowest BCUT2D eigenvalue weighted by atomic mass is 10.2. The van der Waals surface area contributed by atoms with Crippen LogP contribution in [0.1, 0.15) is 45.5 Å². The Balaban J connectivity index is 2.21. The van der Waals surface area contributed by atoms with E-state index < -0.39 is 24.9 Å². The Labute approximate surface area is 181 Å². The molecule has 8 nitrogen and oxygen atoms in total. The summed E-state index contributed by atoms with van der Waals surface area (Å²) in [5.74, 6) is -3.46. The molecule has 0 N–H and O–H groups in total. The number of aromatic nitrogens is 3. The number of hydrogen-bond donors (Lipinski definition) is 0. The molecule has 0 amide bonds. The van der Waals surface area contributed by atoms with Crippen LogP contribution in [0.4, 0.5) is 14.5 Å². The topological polar surface area (TPSA) is 92.3 Å². The van der Waals surface area contributed by atoms with E-state index in [1.165, 1.54) is 25.3 Å². The van der Waals surface area contributed by atoms with Gasteiger partial charge >= 0.3 is 11.6 Å². The average molecular weight is 457 g/mol. The SMILES string of the molecule is Cc1c([N+](=O)[O-])c(OCCCO[Si](C)(C)C(C)(C)C)nn1-c1cccnc1C(C)(F)F.